The molecule has 2 fully saturated rings. The van der Waals surface area contributed by atoms with Crippen LogP contribution >= 0.6 is 11.3 Å². The lowest BCUT2D eigenvalue weighted by molar-refractivity contribution is 0.0954. The molecule has 1 saturated heterocycles. The highest BCUT2D eigenvalue weighted by atomic mass is 32.1. The second-order valence-corrected chi connectivity index (χ2v) is 8.65. The van der Waals surface area contributed by atoms with Gasteiger partial charge in [0.1, 0.15) is 0 Å². The van der Waals surface area contributed by atoms with Gasteiger partial charge >= 0.3 is 0 Å². The fourth-order valence-corrected chi connectivity index (χ4v) is 5.49. The number of hydrogen-bond donors (Lipinski definition) is 2. The monoisotopic (exact) mass is 388 g/mol. The van der Waals surface area contributed by atoms with Crippen molar-refractivity contribution in [2.75, 3.05) is 13.7 Å². The molecule has 2 aromatic rings. The first-order chi connectivity index (χ1) is 13.2. The third-order valence-corrected chi connectivity index (χ3v) is 6.87. The SMILES string of the molecule is COCc1cc(CNC(=O)c2ccc([C@H]3CCCN3C3CCCC3)s2)[nH]n1. The van der Waals surface area contributed by atoms with Gasteiger partial charge in [-0.05, 0) is 50.4 Å². The Bertz CT molecular complexity index is 766. The van der Waals surface area contributed by atoms with Gasteiger partial charge in [-0.1, -0.05) is 12.8 Å². The smallest absolute Gasteiger partial charge is 0.261 e. The summed E-state index contributed by atoms with van der Waals surface area (Å²) in [6.07, 6.45) is 7.89. The van der Waals surface area contributed by atoms with E-state index in [1.807, 2.05) is 12.1 Å². The Morgan fingerprint density at radius 2 is 2.19 bits per heavy atom. The predicted molar refractivity (Wildman–Crippen MR) is 106 cm³/mol. The van der Waals surface area contributed by atoms with Crippen molar-refractivity contribution < 1.29 is 9.53 Å². The van der Waals surface area contributed by atoms with Gasteiger partial charge in [0.25, 0.3) is 5.91 Å². The second-order valence-electron chi connectivity index (χ2n) is 7.54. The summed E-state index contributed by atoms with van der Waals surface area (Å²) in [7, 11) is 1.64. The summed E-state index contributed by atoms with van der Waals surface area (Å²) in [5.41, 5.74) is 1.73. The molecule has 0 radical (unpaired) electrons. The number of methoxy groups -OCH3 is 1. The zero-order chi connectivity index (χ0) is 18.6. The van der Waals surface area contributed by atoms with Gasteiger partial charge in [-0.3, -0.25) is 14.8 Å². The van der Waals surface area contributed by atoms with E-state index >= 15 is 0 Å². The molecule has 2 aromatic heterocycles. The molecule has 1 atom stereocenters. The Balaban J connectivity index is 1.35. The number of likely N-dealkylation sites (tertiary alicyclic amines) is 1. The van der Waals surface area contributed by atoms with Crippen LogP contribution < -0.4 is 5.32 Å². The van der Waals surface area contributed by atoms with E-state index in [-0.39, 0.29) is 5.91 Å². The molecule has 0 unspecified atom stereocenters. The zero-order valence-electron chi connectivity index (χ0n) is 15.9. The molecule has 2 aliphatic rings. The van der Waals surface area contributed by atoms with Crippen LogP contribution in [0.4, 0.5) is 0 Å². The highest BCUT2D eigenvalue weighted by Gasteiger charge is 2.34. The zero-order valence-corrected chi connectivity index (χ0v) is 16.7. The lowest BCUT2D eigenvalue weighted by Gasteiger charge is -2.29. The molecule has 0 aromatic carbocycles. The molecular formula is C20H28N4O2S. The van der Waals surface area contributed by atoms with Gasteiger partial charge in [0.15, 0.2) is 0 Å². The number of hydrogen-bond acceptors (Lipinski definition) is 5. The van der Waals surface area contributed by atoms with Crippen LogP contribution in [0, 0.1) is 0 Å². The van der Waals surface area contributed by atoms with E-state index in [0.717, 1.165) is 22.3 Å². The maximum atomic E-state index is 12.5. The Morgan fingerprint density at radius 3 is 3.00 bits per heavy atom. The molecule has 3 heterocycles. The first-order valence-corrected chi connectivity index (χ1v) is 10.7. The summed E-state index contributed by atoms with van der Waals surface area (Å²) in [5, 5.41) is 10.1. The number of carbonyl (C=O) groups excluding carboxylic acids is 1. The molecular weight excluding hydrogens is 360 g/mol. The molecule has 2 N–H and O–H groups in total. The van der Waals surface area contributed by atoms with E-state index in [2.05, 4.69) is 26.5 Å². The molecule has 1 aliphatic heterocycles. The highest BCUT2D eigenvalue weighted by molar-refractivity contribution is 7.14. The molecule has 1 aliphatic carbocycles. The van der Waals surface area contributed by atoms with Gasteiger partial charge in [0.2, 0.25) is 0 Å². The Kier molecular flexibility index (Phi) is 5.90. The van der Waals surface area contributed by atoms with Crippen molar-refractivity contribution in [3.63, 3.8) is 0 Å². The highest BCUT2D eigenvalue weighted by Crippen LogP contribution is 2.40. The Hall–Kier alpha value is -1.70. The fourth-order valence-electron chi connectivity index (χ4n) is 4.41. The van der Waals surface area contributed by atoms with Gasteiger partial charge < -0.3 is 10.1 Å². The van der Waals surface area contributed by atoms with Crippen molar-refractivity contribution >= 4 is 17.2 Å². The van der Waals surface area contributed by atoms with Crippen LogP contribution in [0.1, 0.15) is 70.5 Å². The number of rotatable bonds is 7. The van der Waals surface area contributed by atoms with Crippen molar-refractivity contribution in [1.29, 1.82) is 0 Å². The van der Waals surface area contributed by atoms with E-state index in [1.165, 1.54) is 49.9 Å². The average molecular weight is 389 g/mol. The van der Waals surface area contributed by atoms with Crippen LogP contribution in [0.15, 0.2) is 18.2 Å². The van der Waals surface area contributed by atoms with Gasteiger partial charge in [0.05, 0.1) is 29.4 Å². The van der Waals surface area contributed by atoms with Crippen molar-refractivity contribution in [3.05, 3.63) is 39.3 Å². The van der Waals surface area contributed by atoms with Gasteiger partial charge in [-0.15, -0.1) is 11.3 Å². The number of aromatic amines is 1. The number of nitrogens with zero attached hydrogens (tertiary/aromatic N) is 2. The molecule has 4 rings (SSSR count). The summed E-state index contributed by atoms with van der Waals surface area (Å²) in [5.74, 6) is -0.0143. The maximum Gasteiger partial charge on any atom is 0.261 e. The van der Waals surface area contributed by atoms with E-state index in [4.69, 9.17) is 4.74 Å². The molecule has 146 valence electrons. The third kappa shape index (κ3) is 4.25. The lowest BCUT2D eigenvalue weighted by atomic mass is 10.1. The first kappa shape index (κ1) is 18.7. The van der Waals surface area contributed by atoms with E-state index in [9.17, 15) is 4.79 Å². The lowest BCUT2D eigenvalue weighted by Crippen LogP contribution is -2.32. The average Bonchev–Trinajstić information content (AvgIpc) is 3.46. The minimum atomic E-state index is -0.0143. The van der Waals surface area contributed by atoms with Crippen molar-refractivity contribution in [3.8, 4) is 0 Å². The van der Waals surface area contributed by atoms with Crippen LogP contribution in [0.25, 0.3) is 0 Å². The summed E-state index contributed by atoms with van der Waals surface area (Å²) in [6, 6.07) is 7.30. The number of aromatic nitrogens is 2. The van der Waals surface area contributed by atoms with E-state index in [1.54, 1.807) is 18.4 Å². The Morgan fingerprint density at radius 1 is 1.33 bits per heavy atom. The van der Waals surface area contributed by atoms with E-state index < -0.39 is 0 Å². The number of thiophene rings is 1. The maximum absolute atomic E-state index is 12.5. The molecule has 1 saturated carbocycles. The van der Waals surface area contributed by atoms with Gasteiger partial charge in [-0.2, -0.15) is 5.10 Å². The minimum absolute atomic E-state index is 0.0143. The molecule has 1 amide bonds. The van der Waals surface area contributed by atoms with Crippen molar-refractivity contribution in [1.82, 2.24) is 20.4 Å². The summed E-state index contributed by atoms with van der Waals surface area (Å²) in [4.78, 5) is 17.4. The number of carbonyl (C=O) groups is 1. The minimum Gasteiger partial charge on any atom is -0.378 e. The molecule has 27 heavy (non-hydrogen) atoms. The predicted octanol–water partition coefficient (Wildman–Crippen LogP) is 3.63. The van der Waals surface area contributed by atoms with Crippen LogP contribution in [-0.2, 0) is 17.9 Å². The Labute approximate surface area is 164 Å². The van der Waals surface area contributed by atoms with E-state index in [0.29, 0.717) is 19.2 Å². The summed E-state index contributed by atoms with van der Waals surface area (Å²) < 4.78 is 5.06. The van der Waals surface area contributed by atoms with Crippen LogP contribution in [0.3, 0.4) is 0 Å². The third-order valence-electron chi connectivity index (χ3n) is 5.68. The van der Waals surface area contributed by atoms with Crippen LogP contribution in [-0.4, -0.2) is 40.7 Å². The number of ether oxygens (including phenoxy) is 1. The largest absolute Gasteiger partial charge is 0.378 e. The molecule has 0 spiro atoms. The quantitative estimate of drug-likeness (QED) is 0.760. The van der Waals surface area contributed by atoms with Crippen molar-refractivity contribution in [2.24, 2.45) is 0 Å². The second kappa shape index (κ2) is 8.54. The number of nitrogens with one attached hydrogen (secondary N) is 2. The van der Waals surface area contributed by atoms with Crippen molar-refractivity contribution in [2.45, 2.75) is 63.8 Å². The molecule has 6 nitrogen and oxygen atoms in total. The fraction of sp³-hybridized carbons (Fsp3) is 0.600. The molecule has 7 heteroatoms. The normalized spacial score (nSPS) is 21.1. The standard InChI is InChI=1S/C20H28N4O2S/c1-26-13-15-11-14(22-23-15)12-21-20(25)19-9-8-18(27-19)17-7-4-10-24(17)16-5-2-3-6-16/h8-9,11,16-17H,2-7,10,12-13H2,1H3,(H,21,25)(H,22,23)/t17-/m1/s1. The topological polar surface area (TPSA) is 70.2 Å². The molecule has 0 bridgehead atoms. The van der Waals surface area contributed by atoms with Crippen LogP contribution in [0.5, 0.6) is 0 Å². The summed E-state index contributed by atoms with van der Waals surface area (Å²) >= 11 is 1.65. The first-order valence-electron chi connectivity index (χ1n) is 9.90. The summed E-state index contributed by atoms with van der Waals surface area (Å²) in [6.45, 7) is 2.12. The number of H-pyrrole nitrogens is 1. The van der Waals surface area contributed by atoms with Gasteiger partial charge in [0, 0.05) is 24.1 Å². The van der Waals surface area contributed by atoms with Gasteiger partial charge in [-0.25, -0.2) is 0 Å². The van der Waals surface area contributed by atoms with Crippen LogP contribution in [0.2, 0.25) is 0 Å². The number of amides is 1.